The van der Waals surface area contributed by atoms with Gasteiger partial charge in [0.1, 0.15) is 23.7 Å². The Bertz CT molecular complexity index is 1220. The van der Waals surface area contributed by atoms with E-state index in [9.17, 15) is 9.18 Å². The molecule has 0 fully saturated rings. The molecule has 2 N–H and O–H groups in total. The van der Waals surface area contributed by atoms with Crippen LogP contribution >= 0.6 is 0 Å². The van der Waals surface area contributed by atoms with E-state index in [0.717, 1.165) is 16.8 Å². The standard InChI is InChI=1S/C22H21FN6O2/c1-14(30)24-11-16-7-6-15(10-25-16)17-8-9-21(29-13-27-28-22(17)29)26-12-18-19(23)4-3-5-20(18)31-2/h3-10,13,26H,11-12H2,1-2H3,(H,24,30). The number of carbonyl (C=O) groups is 1. The first-order valence-corrected chi connectivity index (χ1v) is 9.64. The van der Waals surface area contributed by atoms with E-state index in [0.29, 0.717) is 29.3 Å². The third kappa shape index (κ3) is 4.30. The normalized spacial score (nSPS) is 10.8. The van der Waals surface area contributed by atoms with Crippen LogP contribution in [0, 0.1) is 5.82 Å². The molecule has 1 aromatic carbocycles. The van der Waals surface area contributed by atoms with Crippen molar-refractivity contribution in [1.82, 2.24) is 24.9 Å². The van der Waals surface area contributed by atoms with E-state index in [1.54, 1.807) is 29.1 Å². The summed E-state index contributed by atoms with van der Waals surface area (Å²) in [6, 6.07) is 12.3. The van der Waals surface area contributed by atoms with Gasteiger partial charge in [-0.2, -0.15) is 0 Å². The fourth-order valence-electron chi connectivity index (χ4n) is 3.27. The molecule has 31 heavy (non-hydrogen) atoms. The van der Waals surface area contributed by atoms with Gasteiger partial charge >= 0.3 is 0 Å². The molecule has 0 atom stereocenters. The van der Waals surface area contributed by atoms with Gasteiger partial charge in [0.15, 0.2) is 5.65 Å². The molecule has 0 saturated heterocycles. The summed E-state index contributed by atoms with van der Waals surface area (Å²) in [7, 11) is 1.51. The van der Waals surface area contributed by atoms with Gasteiger partial charge in [0, 0.05) is 36.4 Å². The molecule has 0 bridgehead atoms. The number of pyridine rings is 2. The summed E-state index contributed by atoms with van der Waals surface area (Å²) < 4.78 is 21.3. The lowest BCUT2D eigenvalue weighted by Gasteiger charge is -2.13. The fourth-order valence-corrected chi connectivity index (χ4v) is 3.27. The monoisotopic (exact) mass is 420 g/mol. The Balaban J connectivity index is 1.59. The van der Waals surface area contributed by atoms with Gasteiger partial charge < -0.3 is 15.4 Å². The lowest BCUT2D eigenvalue weighted by Crippen LogP contribution is -2.19. The average molecular weight is 420 g/mol. The minimum atomic E-state index is -0.339. The van der Waals surface area contributed by atoms with Gasteiger partial charge in [-0.15, -0.1) is 10.2 Å². The maximum Gasteiger partial charge on any atom is 0.217 e. The van der Waals surface area contributed by atoms with Crippen LogP contribution in [-0.4, -0.2) is 32.6 Å². The third-order valence-corrected chi connectivity index (χ3v) is 4.85. The van der Waals surface area contributed by atoms with Crippen molar-refractivity contribution in [2.75, 3.05) is 12.4 Å². The third-order valence-electron chi connectivity index (χ3n) is 4.85. The van der Waals surface area contributed by atoms with Crippen LogP contribution in [0.1, 0.15) is 18.2 Å². The van der Waals surface area contributed by atoms with E-state index < -0.39 is 0 Å². The van der Waals surface area contributed by atoms with E-state index in [-0.39, 0.29) is 18.3 Å². The topological polar surface area (TPSA) is 93.4 Å². The fraction of sp³-hybridized carbons (Fsp3) is 0.182. The van der Waals surface area contributed by atoms with Crippen molar-refractivity contribution >= 4 is 17.4 Å². The number of fused-ring (bicyclic) bond motifs is 1. The van der Waals surface area contributed by atoms with Crippen LogP contribution in [0.15, 0.2) is 55.0 Å². The number of ether oxygens (including phenoxy) is 1. The summed E-state index contributed by atoms with van der Waals surface area (Å²) in [4.78, 5) is 15.5. The van der Waals surface area contributed by atoms with E-state index in [2.05, 4.69) is 25.8 Å². The number of amides is 1. The van der Waals surface area contributed by atoms with Crippen molar-refractivity contribution in [2.24, 2.45) is 0 Å². The van der Waals surface area contributed by atoms with Gasteiger partial charge in [0.2, 0.25) is 5.91 Å². The maximum absolute atomic E-state index is 14.2. The van der Waals surface area contributed by atoms with Gasteiger partial charge in [-0.1, -0.05) is 12.1 Å². The number of methoxy groups -OCH3 is 1. The molecule has 0 aliphatic carbocycles. The van der Waals surface area contributed by atoms with E-state index >= 15 is 0 Å². The smallest absolute Gasteiger partial charge is 0.217 e. The Morgan fingerprint density at radius 2 is 2.03 bits per heavy atom. The van der Waals surface area contributed by atoms with E-state index in [4.69, 9.17) is 4.74 Å². The average Bonchev–Trinajstić information content (AvgIpc) is 3.27. The number of aromatic nitrogens is 4. The highest BCUT2D eigenvalue weighted by molar-refractivity contribution is 5.78. The number of rotatable bonds is 7. The summed E-state index contributed by atoms with van der Waals surface area (Å²) in [5, 5.41) is 14.2. The van der Waals surface area contributed by atoms with Crippen LogP contribution in [0.3, 0.4) is 0 Å². The molecule has 8 nitrogen and oxygen atoms in total. The molecule has 0 unspecified atom stereocenters. The predicted octanol–water partition coefficient (Wildman–Crippen LogP) is 3.19. The first-order chi connectivity index (χ1) is 15.1. The molecule has 0 spiro atoms. The van der Waals surface area contributed by atoms with Crippen molar-refractivity contribution in [2.45, 2.75) is 20.0 Å². The molecule has 1 amide bonds. The van der Waals surface area contributed by atoms with Gasteiger partial charge in [-0.05, 0) is 30.3 Å². The molecule has 0 radical (unpaired) electrons. The number of nitrogens with one attached hydrogen (secondary N) is 2. The Hall–Kier alpha value is -4.01. The first kappa shape index (κ1) is 20.3. The molecule has 3 heterocycles. The molecule has 0 saturated carbocycles. The number of hydrogen-bond donors (Lipinski definition) is 2. The number of carbonyl (C=O) groups excluding carboxylic acids is 1. The molecule has 9 heteroatoms. The van der Waals surface area contributed by atoms with Crippen molar-refractivity contribution in [3.8, 4) is 16.9 Å². The van der Waals surface area contributed by atoms with Crippen LogP contribution in [-0.2, 0) is 17.9 Å². The summed E-state index contributed by atoms with van der Waals surface area (Å²) in [6.45, 7) is 2.08. The molecular formula is C22H21FN6O2. The van der Waals surface area contributed by atoms with Crippen molar-refractivity contribution in [3.63, 3.8) is 0 Å². The zero-order chi connectivity index (χ0) is 21.8. The summed E-state index contributed by atoms with van der Waals surface area (Å²) in [6.07, 6.45) is 3.33. The Kier molecular flexibility index (Phi) is 5.74. The number of hydrogen-bond acceptors (Lipinski definition) is 6. The molecule has 158 valence electrons. The molecule has 4 aromatic rings. The van der Waals surface area contributed by atoms with Crippen LogP contribution in [0.4, 0.5) is 10.2 Å². The minimum absolute atomic E-state index is 0.105. The molecule has 0 aliphatic heterocycles. The molecule has 0 aliphatic rings. The molecule has 4 rings (SSSR count). The first-order valence-electron chi connectivity index (χ1n) is 9.64. The highest BCUT2D eigenvalue weighted by Crippen LogP contribution is 2.27. The van der Waals surface area contributed by atoms with Crippen molar-refractivity contribution in [1.29, 1.82) is 0 Å². The molecular weight excluding hydrogens is 399 g/mol. The van der Waals surface area contributed by atoms with Gasteiger partial charge in [-0.25, -0.2) is 4.39 Å². The van der Waals surface area contributed by atoms with Crippen molar-refractivity contribution in [3.05, 3.63) is 72.1 Å². The molecule has 3 aromatic heterocycles. The van der Waals surface area contributed by atoms with Gasteiger partial charge in [0.25, 0.3) is 0 Å². The zero-order valence-corrected chi connectivity index (χ0v) is 17.1. The summed E-state index contributed by atoms with van der Waals surface area (Å²) in [5.41, 5.74) is 3.56. The summed E-state index contributed by atoms with van der Waals surface area (Å²) in [5.74, 6) is 0.750. The van der Waals surface area contributed by atoms with E-state index in [1.807, 2.05) is 24.3 Å². The van der Waals surface area contributed by atoms with Crippen LogP contribution in [0.2, 0.25) is 0 Å². The largest absolute Gasteiger partial charge is 0.496 e. The quantitative estimate of drug-likeness (QED) is 0.477. The summed E-state index contributed by atoms with van der Waals surface area (Å²) >= 11 is 0. The number of benzene rings is 1. The van der Waals surface area contributed by atoms with E-state index in [1.165, 1.54) is 20.1 Å². The Morgan fingerprint density at radius 1 is 1.16 bits per heavy atom. The van der Waals surface area contributed by atoms with Crippen LogP contribution in [0.5, 0.6) is 5.75 Å². The number of halogens is 1. The van der Waals surface area contributed by atoms with Gasteiger partial charge in [-0.3, -0.25) is 14.2 Å². The van der Waals surface area contributed by atoms with Gasteiger partial charge in [0.05, 0.1) is 19.3 Å². The van der Waals surface area contributed by atoms with Crippen LogP contribution < -0.4 is 15.4 Å². The second-order valence-electron chi connectivity index (χ2n) is 6.88. The highest BCUT2D eigenvalue weighted by atomic mass is 19.1. The number of anilines is 1. The van der Waals surface area contributed by atoms with Crippen LogP contribution in [0.25, 0.3) is 16.8 Å². The highest BCUT2D eigenvalue weighted by Gasteiger charge is 2.13. The zero-order valence-electron chi connectivity index (χ0n) is 17.1. The Morgan fingerprint density at radius 3 is 2.77 bits per heavy atom. The predicted molar refractivity (Wildman–Crippen MR) is 114 cm³/mol. The second kappa shape index (κ2) is 8.78. The van der Waals surface area contributed by atoms with Crippen molar-refractivity contribution < 1.29 is 13.9 Å². The number of nitrogens with zero attached hydrogens (tertiary/aromatic N) is 4. The second-order valence-corrected chi connectivity index (χ2v) is 6.88. The minimum Gasteiger partial charge on any atom is -0.496 e. The Labute approximate surface area is 178 Å². The lowest BCUT2D eigenvalue weighted by molar-refractivity contribution is -0.119. The SMILES string of the molecule is COc1cccc(F)c1CNc1ccc(-c2ccc(CNC(C)=O)nc2)c2nncn12. The maximum atomic E-state index is 14.2. The lowest BCUT2D eigenvalue weighted by atomic mass is 10.1.